The smallest absolute Gasteiger partial charge is 0.276 e. The van der Waals surface area contributed by atoms with Gasteiger partial charge in [-0.25, -0.2) is 9.07 Å². The molecule has 3 aromatic rings. The second-order valence-electron chi connectivity index (χ2n) is 7.22. The number of anilines is 1. The van der Waals surface area contributed by atoms with Crippen LogP contribution < -0.4 is 16.6 Å². The molecule has 2 aromatic carbocycles. The predicted octanol–water partition coefficient (Wildman–Crippen LogP) is 2.85. The molecular formula is C21H21FN4O3. The van der Waals surface area contributed by atoms with E-state index in [0.29, 0.717) is 17.3 Å². The van der Waals surface area contributed by atoms with E-state index >= 15 is 0 Å². The summed E-state index contributed by atoms with van der Waals surface area (Å²) in [5.41, 5.74) is 5.18. The number of aromatic nitrogens is 2. The fraction of sp³-hybridized carbons (Fsp3) is 0.238. The summed E-state index contributed by atoms with van der Waals surface area (Å²) in [5, 5.41) is 7.59. The number of hydrogen-bond donors (Lipinski definition) is 2. The van der Waals surface area contributed by atoms with Crippen molar-refractivity contribution < 1.29 is 14.0 Å². The first-order valence-corrected chi connectivity index (χ1v) is 9.10. The van der Waals surface area contributed by atoms with Crippen LogP contribution in [0.5, 0.6) is 0 Å². The first-order valence-electron chi connectivity index (χ1n) is 9.10. The fourth-order valence-electron chi connectivity index (χ4n) is 3.00. The van der Waals surface area contributed by atoms with Gasteiger partial charge in [-0.3, -0.25) is 14.4 Å². The summed E-state index contributed by atoms with van der Waals surface area (Å²) in [4.78, 5) is 37.1. The van der Waals surface area contributed by atoms with Gasteiger partial charge in [0.05, 0.1) is 5.39 Å². The molecule has 3 rings (SSSR count). The third kappa shape index (κ3) is 4.01. The lowest BCUT2D eigenvalue weighted by atomic mass is 10.1. The second-order valence-corrected chi connectivity index (χ2v) is 7.22. The zero-order chi connectivity index (χ0) is 21.3. The van der Waals surface area contributed by atoms with E-state index < -0.39 is 17.6 Å². The number of nitrogens with zero attached hydrogens (tertiary/aromatic N) is 2. The van der Waals surface area contributed by atoms with Crippen LogP contribution in [0.4, 0.5) is 10.1 Å². The molecule has 0 aliphatic heterocycles. The van der Waals surface area contributed by atoms with Crippen molar-refractivity contribution in [3.8, 4) is 0 Å². The quantitative estimate of drug-likeness (QED) is 0.691. The van der Waals surface area contributed by atoms with Crippen LogP contribution in [0.2, 0.25) is 0 Å². The Kier molecular flexibility index (Phi) is 5.45. The van der Waals surface area contributed by atoms with Crippen LogP contribution in [0, 0.1) is 18.7 Å². The number of carbonyl (C=O) groups excluding carboxylic acids is 2. The molecule has 0 unspecified atom stereocenters. The molecule has 0 saturated heterocycles. The van der Waals surface area contributed by atoms with Gasteiger partial charge >= 0.3 is 0 Å². The normalized spacial score (nSPS) is 11.1. The molecule has 0 fully saturated rings. The third-order valence-corrected chi connectivity index (χ3v) is 4.50. The van der Waals surface area contributed by atoms with Gasteiger partial charge in [0.15, 0.2) is 5.69 Å². The number of carbonyl (C=O) groups is 2. The maximum Gasteiger partial charge on any atom is 0.276 e. The van der Waals surface area contributed by atoms with E-state index in [1.165, 1.54) is 17.7 Å². The number of hydrogen-bond acceptors (Lipinski definition) is 4. The van der Waals surface area contributed by atoms with Crippen molar-refractivity contribution in [2.75, 3.05) is 5.32 Å². The maximum atomic E-state index is 14.1. The molecule has 0 saturated carbocycles. The summed E-state index contributed by atoms with van der Waals surface area (Å²) in [5.74, 6) is -1.96. The van der Waals surface area contributed by atoms with E-state index in [1.807, 2.05) is 13.8 Å². The molecule has 0 aliphatic rings. The lowest BCUT2D eigenvalue weighted by molar-refractivity contribution is 0.0995. The van der Waals surface area contributed by atoms with Crippen molar-refractivity contribution in [2.24, 2.45) is 11.7 Å². The number of halogens is 1. The molecule has 150 valence electrons. The van der Waals surface area contributed by atoms with Crippen LogP contribution in [0.3, 0.4) is 0 Å². The minimum Gasteiger partial charge on any atom is -0.366 e. The van der Waals surface area contributed by atoms with E-state index in [0.717, 1.165) is 6.07 Å². The van der Waals surface area contributed by atoms with Crippen molar-refractivity contribution in [3.63, 3.8) is 0 Å². The summed E-state index contributed by atoms with van der Waals surface area (Å²) in [6.45, 7) is 5.69. The Hall–Kier alpha value is -3.55. The minimum absolute atomic E-state index is 0.0325. The molecule has 0 radical (unpaired) electrons. The standard InChI is InChI=1S/C21H21FN4O3/c1-11(2)10-26-21(29)15-7-5-4-6-14(15)18(25-26)20(28)24-17-9-13(19(23)27)8-16(22)12(17)3/h4-9,11H,10H2,1-3H3,(H2,23,27)(H,24,28). The Morgan fingerprint density at radius 2 is 1.86 bits per heavy atom. The number of benzene rings is 2. The average molecular weight is 396 g/mol. The molecular weight excluding hydrogens is 375 g/mol. The fourth-order valence-corrected chi connectivity index (χ4v) is 3.00. The molecule has 7 nitrogen and oxygen atoms in total. The Balaban J connectivity index is 2.12. The Morgan fingerprint density at radius 3 is 2.48 bits per heavy atom. The highest BCUT2D eigenvalue weighted by Gasteiger charge is 2.19. The number of nitrogens with one attached hydrogen (secondary N) is 1. The summed E-state index contributed by atoms with van der Waals surface area (Å²) in [6.07, 6.45) is 0. The van der Waals surface area contributed by atoms with E-state index in [-0.39, 0.29) is 34.0 Å². The van der Waals surface area contributed by atoms with Crippen LogP contribution in [0.25, 0.3) is 10.8 Å². The molecule has 2 amide bonds. The van der Waals surface area contributed by atoms with E-state index in [9.17, 15) is 18.8 Å². The molecule has 3 N–H and O–H groups in total. The predicted molar refractivity (Wildman–Crippen MR) is 108 cm³/mol. The van der Waals surface area contributed by atoms with Crippen LogP contribution in [0.1, 0.15) is 40.3 Å². The number of fused-ring (bicyclic) bond motifs is 1. The highest BCUT2D eigenvalue weighted by Crippen LogP contribution is 2.22. The molecule has 0 atom stereocenters. The van der Waals surface area contributed by atoms with Crippen LogP contribution in [0.15, 0.2) is 41.2 Å². The van der Waals surface area contributed by atoms with Crippen molar-refractivity contribution in [2.45, 2.75) is 27.3 Å². The van der Waals surface area contributed by atoms with Crippen LogP contribution in [-0.2, 0) is 6.54 Å². The van der Waals surface area contributed by atoms with Crippen LogP contribution >= 0.6 is 0 Å². The van der Waals surface area contributed by atoms with Crippen molar-refractivity contribution in [3.05, 3.63) is 69.4 Å². The SMILES string of the molecule is Cc1c(F)cc(C(N)=O)cc1NC(=O)c1nn(CC(C)C)c(=O)c2ccccc12. The molecule has 29 heavy (non-hydrogen) atoms. The van der Waals surface area contributed by atoms with E-state index in [4.69, 9.17) is 5.73 Å². The molecule has 1 heterocycles. The van der Waals surface area contributed by atoms with Gasteiger partial charge in [-0.2, -0.15) is 5.10 Å². The number of amides is 2. The van der Waals surface area contributed by atoms with Gasteiger partial charge in [0, 0.05) is 28.7 Å². The first-order chi connectivity index (χ1) is 13.7. The van der Waals surface area contributed by atoms with Crippen molar-refractivity contribution in [1.82, 2.24) is 9.78 Å². The van der Waals surface area contributed by atoms with E-state index in [1.54, 1.807) is 24.3 Å². The number of primary amides is 1. The molecule has 0 spiro atoms. The highest BCUT2D eigenvalue weighted by atomic mass is 19.1. The molecule has 0 aliphatic carbocycles. The second kappa shape index (κ2) is 7.83. The lowest BCUT2D eigenvalue weighted by Crippen LogP contribution is -2.29. The first kappa shape index (κ1) is 20.2. The summed E-state index contributed by atoms with van der Waals surface area (Å²) in [7, 11) is 0. The van der Waals surface area contributed by atoms with Crippen LogP contribution in [-0.4, -0.2) is 21.6 Å². The van der Waals surface area contributed by atoms with Crippen molar-refractivity contribution >= 4 is 28.3 Å². The largest absolute Gasteiger partial charge is 0.366 e. The molecule has 0 bridgehead atoms. The van der Waals surface area contributed by atoms with Gasteiger partial charge in [0.25, 0.3) is 11.5 Å². The monoisotopic (exact) mass is 396 g/mol. The Labute approximate surface area is 166 Å². The highest BCUT2D eigenvalue weighted by molar-refractivity contribution is 6.11. The molecule has 8 heteroatoms. The summed E-state index contributed by atoms with van der Waals surface area (Å²) < 4.78 is 15.4. The summed E-state index contributed by atoms with van der Waals surface area (Å²) in [6, 6.07) is 9.00. The zero-order valence-corrected chi connectivity index (χ0v) is 16.3. The van der Waals surface area contributed by atoms with Gasteiger partial charge in [-0.15, -0.1) is 0 Å². The van der Waals surface area contributed by atoms with Gasteiger partial charge in [-0.05, 0) is 31.0 Å². The Bertz CT molecular complexity index is 1180. The number of nitrogens with two attached hydrogens (primary N) is 1. The van der Waals surface area contributed by atoms with Gasteiger partial charge in [0.2, 0.25) is 5.91 Å². The maximum absolute atomic E-state index is 14.1. The zero-order valence-electron chi connectivity index (χ0n) is 16.3. The van der Waals surface area contributed by atoms with Crippen molar-refractivity contribution in [1.29, 1.82) is 0 Å². The van der Waals surface area contributed by atoms with E-state index in [2.05, 4.69) is 10.4 Å². The number of rotatable bonds is 5. The topological polar surface area (TPSA) is 107 Å². The average Bonchev–Trinajstić information content (AvgIpc) is 2.67. The van der Waals surface area contributed by atoms with Gasteiger partial charge < -0.3 is 11.1 Å². The lowest BCUT2D eigenvalue weighted by Gasteiger charge is -2.14. The third-order valence-electron chi connectivity index (χ3n) is 4.50. The Morgan fingerprint density at radius 1 is 1.21 bits per heavy atom. The summed E-state index contributed by atoms with van der Waals surface area (Å²) >= 11 is 0. The van der Waals surface area contributed by atoms with Gasteiger partial charge in [-0.1, -0.05) is 32.0 Å². The van der Waals surface area contributed by atoms with Gasteiger partial charge in [0.1, 0.15) is 5.82 Å². The minimum atomic E-state index is -0.812. The molecule has 1 aromatic heterocycles.